The zero-order chi connectivity index (χ0) is 27.3. The molecule has 0 radical (unpaired) electrons. The van der Waals surface area contributed by atoms with Crippen LogP contribution in [0.25, 0.3) is 0 Å². The highest BCUT2D eigenvalue weighted by Crippen LogP contribution is 2.46. The summed E-state index contributed by atoms with van der Waals surface area (Å²) in [5.41, 5.74) is 7.59. The number of para-hydroxylation sites is 2. The number of ether oxygens (including phenoxy) is 2. The highest BCUT2D eigenvalue weighted by molar-refractivity contribution is 5.79. The second-order valence-electron chi connectivity index (χ2n) is 11.2. The van der Waals surface area contributed by atoms with Crippen LogP contribution in [0, 0.1) is 25.7 Å². The van der Waals surface area contributed by atoms with Crippen LogP contribution in [0.5, 0.6) is 11.5 Å². The topological polar surface area (TPSA) is 105 Å². The molecule has 1 saturated heterocycles. The lowest BCUT2D eigenvalue weighted by molar-refractivity contribution is -0.141. The van der Waals surface area contributed by atoms with Gasteiger partial charge in [0.25, 0.3) is 0 Å². The largest absolute Gasteiger partial charge is 0.456 e. The van der Waals surface area contributed by atoms with E-state index in [4.69, 9.17) is 15.2 Å². The molecule has 2 fully saturated rings. The van der Waals surface area contributed by atoms with Crippen molar-refractivity contribution >= 4 is 5.91 Å². The van der Waals surface area contributed by atoms with Crippen molar-refractivity contribution in [1.82, 2.24) is 4.90 Å². The van der Waals surface area contributed by atoms with Crippen LogP contribution < -0.4 is 10.5 Å². The molecular formula is C31H44N2O5. The van der Waals surface area contributed by atoms with Gasteiger partial charge in [-0.25, -0.2) is 0 Å². The van der Waals surface area contributed by atoms with E-state index < -0.39 is 11.7 Å². The van der Waals surface area contributed by atoms with Crippen LogP contribution >= 0.6 is 0 Å². The number of nitrogens with zero attached hydrogens (tertiary/aromatic N) is 1. The van der Waals surface area contributed by atoms with E-state index in [1.54, 1.807) is 7.11 Å². The average Bonchev–Trinajstić information content (AvgIpc) is 3.26. The number of likely N-dealkylation sites (tertiary alicyclic amines) is 1. The third-order valence-electron chi connectivity index (χ3n) is 8.47. The molecule has 4 rings (SSSR count). The van der Waals surface area contributed by atoms with Crippen molar-refractivity contribution in [3.8, 4) is 11.5 Å². The van der Waals surface area contributed by atoms with Gasteiger partial charge < -0.3 is 30.3 Å². The van der Waals surface area contributed by atoms with Crippen LogP contribution in [0.3, 0.4) is 0 Å². The molecule has 2 aliphatic rings. The molecule has 208 valence electrons. The Morgan fingerprint density at radius 2 is 1.87 bits per heavy atom. The lowest BCUT2D eigenvalue weighted by atomic mass is 9.73. The molecule has 1 amide bonds. The Hall–Kier alpha value is -2.45. The molecule has 0 bridgehead atoms. The van der Waals surface area contributed by atoms with Crippen LogP contribution in [0.4, 0.5) is 0 Å². The fraction of sp³-hybridized carbons (Fsp3) is 0.581. The van der Waals surface area contributed by atoms with Crippen molar-refractivity contribution in [2.75, 3.05) is 26.8 Å². The van der Waals surface area contributed by atoms with Crippen LogP contribution in [-0.4, -0.2) is 60.0 Å². The first-order valence-corrected chi connectivity index (χ1v) is 14.0. The minimum absolute atomic E-state index is 0.0454. The summed E-state index contributed by atoms with van der Waals surface area (Å²) in [6, 6.07) is 13.5. The number of amides is 1. The van der Waals surface area contributed by atoms with Crippen molar-refractivity contribution in [2.45, 2.75) is 76.5 Å². The third-order valence-corrected chi connectivity index (χ3v) is 8.47. The number of carbonyl (C=O) groups excluding carboxylic acids is 1. The van der Waals surface area contributed by atoms with Crippen LogP contribution in [-0.2, 0) is 15.1 Å². The molecule has 2 aromatic rings. The lowest BCUT2D eigenvalue weighted by Gasteiger charge is -2.44. The summed E-state index contributed by atoms with van der Waals surface area (Å²) < 4.78 is 11.8. The van der Waals surface area contributed by atoms with E-state index in [1.807, 2.05) is 61.2 Å². The molecule has 2 aromatic carbocycles. The summed E-state index contributed by atoms with van der Waals surface area (Å²) in [6.07, 6.45) is 4.10. The van der Waals surface area contributed by atoms with E-state index >= 15 is 0 Å². The van der Waals surface area contributed by atoms with Gasteiger partial charge in [0, 0.05) is 50.2 Å². The number of aliphatic hydroxyl groups is 2. The van der Waals surface area contributed by atoms with Gasteiger partial charge in [0.15, 0.2) is 0 Å². The van der Waals surface area contributed by atoms with E-state index in [2.05, 4.69) is 0 Å². The Labute approximate surface area is 226 Å². The zero-order valence-corrected chi connectivity index (χ0v) is 23.1. The maximum atomic E-state index is 13.4. The number of aryl methyl sites for hydroxylation is 2. The van der Waals surface area contributed by atoms with Gasteiger partial charge in [-0.2, -0.15) is 0 Å². The maximum Gasteiger partial charge on any atom is 0.225 e. The molecule has 1 aliphatic carbocycles. The number of rotatable bonds is 10. The molecule has 0 spiro atoms. The smallest absolute Gasteiger partial charge is 0.225 e. The minimum Gasteiger partial charge on any atom is -0.456 e. The Kier molecular flexibility index (Phi) is 9.47. The number of hydrogen-bond acceptors (Lipinski definition) is 6. The summed E-state index contributed by atoms with van der Waals surface area (Å²) in [7, 11) is 1.69. The fourth-order valence-corrected chi connectivity index (χ4v) is 6.18. The van der Waals surface area contributed by atoms with Gasteiger partial charge in [0.1, 0.15) is 11.5 Å². The zero-order valence-electron chi connectivity index (χ0n) is 23.1. The van der Waals surface area contributed by atoms with Crippen molar-refractivity contribution in [3.05, 3.63) is 59.2 Å². The Morgan fingerprint density at radius 1 is 1.11 bits per heavy atom. The highest BCUT2D eigenvalue weighted by atomic mass is 16.5. The number of aliphatic hydroxyl groups excluding tert-OH is 1. The van der Waals surface area contributed by atoms with Gasteiger partial charge in [0.2, 0.25) is 5.91 Å². The number of piperidine rings is 1. The van der Waals surface area contributed by atoms with Gasteiger partial charge in [0.05, 0.1) is 11.7 Å². The van der Waals surface area contributed by atoms with Crippen LogP contribution in [0.15, 0.2) is 42.5 Å². The predicted molar refractivity (Wildman–Crippen MR) is 148 cm³/mol. The minimum atomic E-state index is -1.18. The van der Waals surface area contributed by atoms with Crippen LogP contribution in [0.2, 0.25) is 0 Å². The summed E-state index contributed by atoms with van der Waals surface area (Å²) in [6.45, 7) is 5.79. The standard InChI is InChI=1S/C31H44N2O5/c1-21-10-4-5-14-28(21)38-29-22(2)11-8-13-25(29)31(36,15-6-7-17-37-3)24-12-9-16-33(20-24)30(35)23-18-26(32)27(34)19-23/h4-5,8,10-11,13-14,23-24,26-27,34,36H,6-7,9,12,15-20,32H2,1-3H3/t23-,24?,26+,27-,31-/m0/s1. The Morgan fingerprint density at radius 3 is 2.58 bits per heavy atom. The number of methoxy groups -OCH3 is 1. The van der Waals surface area contributed by atoms with Gasteiger partial charge in [-0.3, -0.25) is 4.79 Å². The SMILES string of the molecule is COCCCC[C@@](O)(c1cccc(C)c1Oc1ccccc1C)C1CCCN(C(=O)[C@H]2C[C@@H](N)[C@@H](O)C2)C1. The fourth-order valence-electron chi connectivity index (χ4n) is 6.18. The average molecular weight is 525 g/mol. The first-order valence-electron chi connectivity index (χ1n) is 14.0. The van der Waals surface area contributed by atoms with Crippen LogP contribution in [0.1, 0.15) is 61.6 Å². The molecule has 1 unspecified atom stereocenters. The maximum absolute atomic E-state index is 13.4. The van der Waals surface area contributed by atoms with Gasteiger partial charge in [-0.1, -0.05) is 36.4 Å². The second kappa shape index (κ2) is 12.6. The lowest BCUT2D eigenvalue weighted by Crippen LogP contribution is -2.49. The summed E-state index contributed by atoms with van der Waals surface area (Å²) in [4.78, 5) is 15.3. The number of carbonyl (C=O) groups is 1. The number of nitrogens with two attached hydrogens (primary N) is 1. The second-order valence-corrected chi connectivity index (χ2v) is 11.2. The molecular weight excluding hydrogens is 480 g/mol. The van der Waals surface area contributed by atoms with Gasteiger partial charge >= 0.3 is 0 Å². The molecule has 1 heterocycles. The molecule has 7 nitrogen and oxygen atoms in total. The normalized spacial score (nSPS) is 25.3. The van der Waals surface area contributed by atoms with E-state index in [9.17, 15) is 15.0 Å². The highest BCUT2D eigenvalue weighted by Gasteiger charge is 2.45. The van der Waals surface area contributed by atoms with Crippen molar-refractivity contribution in [2.24, 2.45) is 17.6 Å². The van der Waals surface area contributed by atoms with E-state index in [1.165, 1.54) is 0 Å². The molecule has 4 N–H and O–H groups in total. The van der Waals surface area contributed by atoms with Crippen molar-refractivity contribution in [1.29, 1.82) is 0 Å². The molecule has 38 heavy (non-hydrogen) atoms. The van der Waals surface area contributed by atoms with E-state index in [0.717, 1.165) is 48.1 Å². The monoisotopic (exact) mass is 524 g/mol. The third kappa shape index (κ3) is 6.23. The quantitative estimate of drug-likeness (QED) is 0.397. The first kappa shape index (κ1) is 28.6. The van der Waals surface area contributed by atoms with E-state index in [-0.39, 0.29) is 23.8 Å². The summed E-state index contributed by atoms with van der Waals surface area (Å²) in [5, 5.41) is 22.7. The Balaban J connectivity index is 1.65. The Bertz CT molecular complexity index is 1080. The molecule has 1 saturated carbocycles. The molecule has 0 aromatic heterocycles. The van der Waals surface area contributed by atoms with Crippen molar-refractivity contribution < 1.29 is 24.5 Å². The summed E-state index contributed by atoms with van der Waals surface area (Å²) >= 11 is 0. The van der Waals surface area contributed by atoms with Crippen molar-refractivity contribution in [3.63, 3.8) is 0 Å². The number of benzene rings is 2. The van der Waals surface area contributed by atoms with E-state index in [0.29, 0.717) is 44.7 Å². The number of hydrogen-bond donors (Lipinski definition) is 3. The molecule has 7 heteroatoms. The first-order chi connectivity index (χ1) is 18.2. The summed E-state index contributed by atoms with van der Waals surface area (Å²) in [5.74, 6) is 1.09. The predicted octanol–water partition coefficient (Wildman–Crippen LogP) is 4.44. The van der Waals surface area contributed by atoms with Gasteiger partial charge in [-0.15, -0.1) is 0 Å². The molecule has 1 aliphatic heterocycles. The van der Waals surface area contributed by atoms with Gasteiger partial charge in [-0.05, 0) is 76.0 Å². The number of unbranched alkanes of at least 4 members (excludes halogenated alkanes) is 1. The molecule has 5 atom stereocenters.